The van der Waals surface area contributed by atoms with Crippen molar-refractivity contribution in [2.75, 3.05) is 26.4 Å². The second kappa shape index (κ2) is 4.92. The van der Waals surface area contributed by atoms with Crippen molar-refractivity contribution >= 4 is 5.91 Å². The van der Waals surface area contributed by atoms with Crippen LogP contribution in [0, 0.1) is 0 Å². The van der Waals surface area contributed by atoms with Crippen LogP contribution in [0.2, 0.25) is 0 Å². The smallest absolute Gasteiger partial charge is 0.245 e. The summed E-state index contributed by atoms with van der Waals surface area (Å²) in [6.07, 6.45) is 0.556. The van der Waals surface area contributed by atoms with Gasteiger partial charge in [0.15, 0.2) is 0 Å². The quantitative estimate of drug-likeness (QED) is 0.653. The Hall–Kier alpha value is -0.650. The average molecular weight is 216 g/mol. The molecule has 1 atom stereocenters. The molecule has 0 saturated carbocycles. The molecule has 0 spiro atoms. The minimum absolute atomic E-state index is 0.0408. The molecule has 5 nitrogen and oxygen atoms in total. The number of nitrogens with two attached hydrogens (primary N) is 1. The van der Waals surface area contributed by atoms with E-state index in [-0.39, 0.29) is 25.2 Å². The Morgan fingerprint density at radius 3 is 2.73 bits per heavy atom. The van der Waals surface area contributed by atoms with Crippen LogP contribution in [0.1, 0.15) is 20.3 Å². The Labute approximate surface area is 90.2 Å². The molecule has 1 saturated heterocycles. The van der Waals surface area contributed by atoms with Crippen molar-refractivity contribution in [3.8, 4) is 0 Å². The third-order valence-electron chi connectivity index (χ3n) is 2.70. The normalized spacial score (nSPS) is 25.9. The predicted molar refractivity (Wildman–Crippen MR) is 56.3 cm³/mol. The van der Waals surface area contributed by atoms with Gasteiger partial charge < -0.3 is 20.5 Å². The van der Waals surface area contributed by atoms with Crippen LogP contribution in [0.4, 0.5) is 0 Å². The zero-order valence-corrected chi connectivity index (χ0v) is 9.40. The molecule has 0 radical (unpaired) electrons. The minimum atomic E-state index is -0.889. The van der Waals surface area contributed by atoms with E-state index in [4.69, 9.17) is 15.6 Å². The molecule has 5 heteroatoms. The van der Waals surface area contributed by atoms with E-state index in [0.29, 0.717) is 19.6 Å². The lowest BCUT2D eigenvalue weighted by Crippen LogP contribution is -2.58. The highest BCUT2D eigenvalue weighted by molar-refractivity contribution is 5.86. The molecule has 0 aromatic rings. The summed E-state index contributed by atoms with van der Waals surface area (Å²) < 4.78 is 5.15. The largest absolute Gasteiger partial charge is 0.395 e. The molecule has 0 aromatic carbocycles. The number of nitrogens with zero attached hydrogens (tertiary/aromatic N) is 1. The van der Waals surface area contributed by atoms with Crippen molar-refractivity contribution < 1.29 is 14.6 Å². The highest BCUT2D eigenvalue weighted by Crippen LogP contribution is 2.19. The molecule has 1 aliphatic rings. The standard InChI is InChI=1S/C10H20N2O3/c1-8(2)12(4-5-13)9(14)10(11)3-6-15-7-10/h8,13H,3-7,11H2,1-2H3. The first-order valence-corrected chi connectivity index (χ1v) is 5.30. The lowest BCUT2D eigenvalue weighted by atomic mass is 9.97. The fourth-order valence-corrected chi connectivity index (χ4v) is 1.74. The van der Waals surface area contributed by atoms with E-state index in [0.717, 1.165) is 0 Å². The van der Waals surface area contributed by atoms with Crippen molar-refractivity contribution in [2.24, 2.45) is 5.73 Å². The molecule has 0 aromatic heterocycles. The van der Waals surface area contributed by atoms with E-state index in [9.17, 15) is 4.79 Å². The number of aliphatic hydroxyl groups excluding tert-OH is 1. The summed E-state index contributed by atoms with van der Waals surface area (Å²) in [4.78, 5) is 13.7. The van der Waals surface area contributed by atoms with Crippen LogP contribution < -0.4 is 5.73 Å². The zero-order valence-electron chi connectivity index (χ0n) is 9.40. The molecule has 88 valence electrons. The fourth-order valence-electron chi connectivity index (χ4n) is 1.74. The highest BCUT2D eigenvalue weighted by atomic mass is 16.5. The van der Waals surface area contributed by atoms with Gasteiger partial charge in [-0.05, 0) is 20.3 Å². The van der Waals surface area contributed by atoms with Gasteiger partial charge in [-0.15, -0.1) is 0 Å². The van der Waals surface area contributed by atoms with Crippen LogP contribution >= 0.6 is 0 Å². The van der Waals surface area contributed by atoms with Crippen molar-refractivity contribution in [1.29, 1.82) is 0 Å². The molecule has 15 heavy (non-hydrogen) atoms. The van der Waals surface area contributed by atoms with Gasteiger partial charge in [-0.3, -0.25) is 4.79 Å². The first-order valence-electron chi connectivity index (χ1n) is 5.30. The zero-order chi connectivity index (χ0) is 11.5. The van der Waals surface area contributed by atoms with Crippen molar-refractivity contribution in [1.82, 2.24) is 4.90 Å². The van der Waals surface area contributed by atoms with Crippen LogP contribution in [0.3, 0.4) is 0 Å². The summed E-state index contributed by atoms with van der Waals surface area (Å²) in [6, 6.07) is 0.0469. The molecule has 0 bridgehead atoms. The first kappa shape index (κ1) is 12.4. The Balaban J connectivity index is 2.70. The Kier molecular flexibility index (Phi) is 4.07. The molecule has 1 heterocycles. The molecule has 1 rings (SSSR count). The van der Waals surface area contributed by atoms with Gasteiger partial charge in [-0.1, -0.05) is 0 Å². The first-order chi connectivity index (χ1) is 7.01. The number of carbonyl (C=O) groups excluding carboxylic acids is 1. The number of carbonyl (C=O) groups is 1. The number of rotatable bonds is 4. The molecule has 3 N–H and O–H groups in total. The summed E-state index contributed by atoms with van der Waals surface area (Å²) in [5.41, 5.74) is 5.08. The second-order valence-corrected chi connectivity index (χ2v) is 4.27. The van der Waals surface area contributed by atoms with Crippen LogP contribution in [-0.2, 0) is 9.53 Å². The van der Waals surface area contributed by atoms with Crippen LogP contribution in [0.25, 0.3) is 0 Å². The molecule has 0 aliphatic carbocycles. The van der Waals surface area contributed by atoms with E-state index >= 15 is 0 Å². The summed E-state index contributed by atoms with van der Waals surface area (Å²) in [5, 5.41) is 8.90. The average Bonchev–Trinajstić information content (AvgIpc) is 2.61. The van der Waals surface area contributed by atoms with E-state index < -0.39 is 5.54 Å². The third-order valence-corrected chi connectivity index (χ3v) is 2.70. The van der Waals surface area contributed by atoms with E-state index in [1.807, 2.05) is 13.8 Å². The Morgan fingerprint density at radius 1 is 1.67 bits per heavy atom. The van der Waals surface area contributed by atoms with Gasteiger partial charge in [0.05, 0.1) is 13.2 Å². The predicted octanol–water partition coefficient (Wildman–Crippen LogP) is -0.666. The summed E-state index contributed by atoms with van der Waals surface area (Å²) in [6.45, 7) is 4.92. The van der Waals surface area contributed by atoms with Gasteiger partial charge in [-0.2, -0.15) is 0 Å². The number of aliphatic hydroxyl groups is 1. The second-order valence-electron chi connectivity index (χ2n) is 4.27. The maximum Gasteiger partial charge on any atom is 0.245 e. The maximum atomic E-state index is 12.1. The molecule has 1 fully saturated rings. The molecular weight excluding hydrogens is 196 g/mol. The fraction of sp³-hybridized carbons (Fsp3) is 0.900. The van der Waals surface area contributed by atoms with Crippen LogP contribution in [0.5, 0.6) is 0 Å². The lowest BCUT2D eigenvalue weighted by Gasteiger charge is -2.33. The van der Waals surface area contributed by atoms with E-state index in [2.05, 4.69) is 0 Å². The Bertz CT molecular complexity index is 225. The molecule has 1 aliphatic heterocycles. The van der Waals surface area contributed by atoms with E-state index in [1.54, 1.807) is 4.90 Å². The lowest BCUT2D eigenvalue weighted by molar-refractivity contribution is -0.139. The van der Waals surface area contributed by atoms with E-state index in [1.165, 1.54) is 0 Å². The summed E-state index contributed by atoms with van der Waals surface area (Å²) >= 11 is 0. The van der Waals surface area contributed by atoms with Gasteiger partial charge in [0.1, 0.15) is 5.54 Å². The van der Waals surface area contributed by atoms with Gasteiger partial charge in [0.2, 0.25) is 5.91 Å². The molecule has 1 amide bonds. The maximum absolute atomic E-state index is 12.1. The number of hydrogen-bond acceptors (Lipinski definition) is 4. The minimum Gasteiger partial charge on any atom is -0.395 e. The van der Waals surface area contributed by atoms with Gasteiger partial charge in [0, 0.05) is 19.2 Å². The Morgan fingerprint density at radius 2 is 2.33 bits per heavy atom. The van der Waals surface area contributed by atoms with Crippen molar-refractivity contribution in [3.63, 3.8) is 0 Å². The number of amides is 1. The van der Waals surface area contributed by atoms with Gasteiger partial charge >= 0.3 is 0 Å². The third kappa shape index (κ3) is 2.68. The summed E-state index contributed by atoms with van der Waals surface area (Å²) in [7, 11) is 0. The number of ether oxygens (including phenoxy) is 1. The molecule has 1 unspecified atom stereocenters. The van der Waals surface area contributed by atoms with Crippen LogP contribution in [-0.4, -0.2) is 53.9 Å². The SMILES string of the molecule is CC(C)N(CCO)C(=O)C1(N)CCOC1. The van der Waals surface area contributed by atoms with Gasteiger partial charge in [-0.25, -0.2) is 0 Å². The summed E-state index contributed by atoms with van der Waals surface area (Å²) in [5.74, 6) is -0.121. The van der Waals surface area contributed by atoms with Gasteiger partial charge in [0.25, 0.3) is 0 Å². The monoisotopic (exact) mass is 216 g/mol. The van der Waals surface area contributed by atoms with Crippen molar-refractivity contribution in [3.05, 3.63) is 0 Å². The van der Waals surface area contributed by atoms with Crippen LogP contribution in [0.15, 0.2) is 0 Å². The van der Waals surface area contributed by atoms with Crippen molar-refractivity contribution in [2.45, 2.75) is 31.8 Å². The number of hydrogen-bond donors (Lipinski definition) is 2. The molecular formula is C10H20N2O3. The highest BCUT2D eigenvalue weighted by Gasteiger charge is 2.41. The topological polar surface area (TPSA) is 75.8 Å².